The number of halogens is 2. The number of carbonyl (C=O) groups excluding carboxylic acids is 1. The van der Waals surface area contributed by atoms with Gasteiger partial charge in [0.2, 0.25) is 5.91 Å². The smallest absolute Gasteiger partial charge is 0.241 e. The van der Waals surface area contributed by atoms with E-state index >= 15 is 0 Å². The predicted molar refractivity (Wildman–Crippen MR) is 131 cm³/mol. The third-order valence-corrected chi connectivity index (χ3v) is 7.19. The molecule has 0 aliphatic carbocycles. The number of carbonyl (C=O) groups is 1. The quantitative estimate of drug-likeness (QED) is 0.461. The van der Waals surface area contributed by atoms with Crippen molar-refractivity contribution in [3.05, 3.63) is 65.2 Å². The predicted octanol–water partition coefficient (Wildman–Crippen LogP) is 5.75. The number of amides is 1. The first-order valence-electron chi connectivity index (χ1n) is 12.7. The summed E-state index contributed by atoms with van der Waals surface area (Å²) >= 11 is 0. The molecule has 1 fully saturated rings. The van der Waals surface area contributed by atoms with Crippen LogP contribution < -0.4 is 4.90 Å². The summed E-state index contributed by atoms with van der Waals surface area (Å²) in [4.78, 5) is 17.4. The van der Waals surface area contributed by atoms with Crippen LogP contribution in [-0.2, 0) is 9.53 Å². The molecule has 0 bridgehead atoms. The lowest BCUT2D eigenvalue weighted by Crippen LogP contribution is -2.44. The van der Waals surface area contributed by atoms with Crippen LogP contribution >= 0.6 is 0 Å². The average Bonchev–Trinajstić information content (AvgIpc) is 3.03. The minimum absolute atomic E-state index is 0.0136. The summed E-state index contributed by atoms with van der Waals surface area (Å²) in [6.45, 7) is 6.51. The second kappa shape index (κ2) is 11.9. The van der Waals surface area contributed by atoms with E-state index in [1.807, 2.05) is 0 Å². The second-order valence-corrected chi connectivity index (χ2v) is 9.62. The van der Waals surface area contributed by atoms with Gasteiger partial charge in [-0.1, -0.05) is 25.1 Å². The molecule has 1 amide bonds. The number of hydrogen-bond acceptors (Lipinski definition) is 3. The number of fused-ring (bicyclic) bond motifs is 1. The molecule has 0 radical (unpaired) electrons. The van der Waals surface area contributed by atoms with Crippen LogP contribution in [0.5, 0.6) is 0 Å². The highest BCUT2D eigenvalue weighted by molar-refractivity contribution is 5.96. The summed E-state index contributed by atoms with van der Waals surface area (Å²) in [6, 6.07) is 11.2. The summed E-state index contributed by atoms with van der Waals surface area (Å²) < 4.78 is 33.4. The Balaban J connectivity index is 1.42. The highest BCUT2D eigenvalue weighted by Gasteiger charge is 2.29. The summed E-state index contributed by atoms with van der Waals surface area (Å²) in [5.41, 5.74) is 2.58. The van der Waals surface area contributed by atoms with Gasteiger partial charge in [0, 0.05) is 25.7 Å². The maximum Gasteiger partial charge on any atom is 0.241 e. The monoisotopic (exact) mass is 470 g/mol. The molecule has 4 rings (SSSR count). The molecular formula is C28H36F2N2O2. The number of rotatable bonds is 8. The van der Waals surface area contributed by atoms with Crippen molar-refractivity contribution in [3.8, 4) is 0 Å². The van der Waals surface area contributed by atoms with Crippen molar-refractivity contribution in [3.63, 3.8) is 0 Å². The molecule has 34 heavy (non-hydrogen) atoms. The van der Waals surface area contributed by atoms with Crippen molar-refractivity contribution >= 4 is 11.6 Å². The van der Waals surface area contributed by atoms with Gasteiger partial charge < -0.3 is 9.64 Å². The van der Waals surface area contributed by atoms with E-state index in [9.17, 15) is 13.6 Å². The number of nitrogens with zero attached hydrogens (tertiary/aromatic N) is 2. The number of piperidine rings is 1. The summed E-state index contributed by atoms with van der Waals surface area (Å²) in [7, 11) is 0. The SMILES string of the molecule is CCCOCCC1CCN(CC(=O)N2CCC[C@H](c3ccc(F)cc3)c3ccc(F)cc32)CC1. The minimum Gasteiger partial charge on any atom is -0.381 e. The summed E-state index contributed by atoms with van der Waals surface area (Å²) in [5, 5.41) is 0. The fraction of sp³-hybridized carbons (Fsp3) is 0.536. The van der Waals surface area contributed by atoms with Crippen molar-refractivity contribution in [2.75, 3.05) is 44.3 Å². The van der Waals surface area contributed by atoms with Crippen molar-refractivity contribution in [2.45, 2.75) is 51.4 Å². The molecule has 184 valence electrons. The normalized spacial score (nSPS) is 19.6. The first-order chi connectivity index (χ1) is 16.5. The van der Waals surface area contributed by atoms with Crippen molar-refractivity contribution in [2.24, 2.45) is 5.92 Å². The van der Waals surface area contributed by atoms with E-state index in [1.54, 1.807) is 23.1 Å². The van der Waals surface area contributed by atoms with E-state index in [0.29, 0.717) is 24.7 Å². The molecule has 0 N–H and O–H groups in total. The average molecular weight is 471 g/mol. The molecule has 0 spiro atoms. The van der Waals surface area contributed by atoms with Gasteiger partial charge in [0.25, 0.3) is 0 Å². The zero-order valence-corrected chi connectivity index (χ0v) is 20.1. The number of hydrogen-bond donors (Lipinski definition) is 0. The van der Waals surface area contributed by atoms with Crippen LogP contribution in [0.2, 0.25) is 0 Å². The fourth-order valence-electron chi connectivity index (χ4n) is 5.28. The van der Waals surface area contributed by atoms with Gasteiger partial charge in [0.05, 0.1) is 12.2 Å². The topological polar surface area (TPSA) is 32.8 Å². The summed E-state index contributed by atoms with van der Waals surface area (Å²) in [5.74, 6) is 0.0804. The molecule has 6 heteroatoms. The zero-order valence-electron chi connectivity index (χ0n) is 20.1. The van der Waals surface area contributed by atoms with E-state index in [2.05, 4.69) is 11.8 Å². The number of ether oxygens (including phenoxy) is 1. The lowest BCUT2D eigenvalue weighted by atomic mass is 9.87. The Morgan fingerprint density at radius 1 is 0.971 bits per heavy atom. The van der Waals surface area contributed by atoms with Gasteiger partial charge in [0.15, 0.2) is 0 Å². The highest BCUT2D eigenvalue weighted by atomic mass is 19.1. The van der Waals surface area contributed by atoms with E-state index < -0.39 is 0 Å². The van der Waals surface area contributed by atoms with Gasteiger partial charge in [-0.15, -0.1) is 0 Å². The Bertz CT molecular complexity index is 942. The van der Waals surface area contributed by atoms with Crippen molar-refractivity contribution in [1.29, 1.82) is 0 Å². The van der Waals surface area contributed by atoms with Gasteiger partial charge in [-0.3, -0.25) is 9.69 Å². The molecule has 0 unspecified atom stereocenters. The van der Waals surface area contributed by atoms with Crippen LogP contribution in [0.4, 0.5) is 14.5 Å². The van der Waals surface area contributed by atoms with Gasteiger partial charge in [0.1, 0.15) is 11.6 Å². The molecule has 4 nitrogen and oxygen atoms in total. The standard InChI is InChI=1S/C28H36F2N2O2/c1-2-17-34-18-13-21-11-15-31(16-12-21)20-28(33)32-14-3-4-25(22-5-7-23(29)8-6-22)26-10-9-24(30)19-27(26)32/h5-10,19,21,25H,2-4,11-18,20H2,1H3/t25-/m1/s1. The van der Waals surface area contributed by atoms with Gasteiger partial charge in [-0.05, 0) is 92.9 Å². The van der Waals surface area contributed by atoms with Crippen LogP contribution in [0.25, 0.3) is 0 Å². The molecule has 2 aromatic carbocycles. The van der Waals surface area contributed by atoms with Crippen molar-refractivity contribution in [1.82, 2.24) is 4.90 Å². The molecular weight excluding hydrogens is 434 g/mol. The van der Waals surface area contributed by atoms with E-state index in [1.165, 1.54) is 24.3 Å². The lowest BCUT2D eigenvalue weighted by Gasteiger charge is -2.33. The van der Waals surface area contributed by atoms with Crippen LogP contribution in [0.1, 0.15) is 62.5 Å². The third kappa shape index (κ3) is 6.22. The molecule has 2 aromatic rings. The van der Waals surface area contributed by atoms with E-state index in [0.717, 1.165) is 76.0 Å². The van der Waals surface area contributed by atoms with E-state index in [-0.39, 0.29) is 23.5 Å². The van der Waals surface area contributed by atoms with Gasteiger partial charge in [-0.2, -0.15) is 0 Å². The first kappa shape index (κ1) is 24.8. The van der Waals surface area contributed by atoms with Crippen LogP contribution in [0, 0.1) is 17.6 Å². The Hall–Kier alpha value is -2.31. The second-order valence-electron chi connectivity index (χ2n) is 9.62. The fourth-order valence-corrected chi connectivity index (χ4v) is 5.28. The Morgan fingerprint density at radius 2 is 1.71 bits per heavy atom. The first-order valence-corrected chi connectivity index (χ1v) is 12.7. The Morgan fingerprint density at radius 3 is 2.44 bits per heavy atom. The maximum atomic E-state index is 14.3. The van der Waals surface area contributed by atoms with Gasteiger partial charge in [-0.25, -0.2) is 8.78 Å². The molecule has 0 saturated carbocycles. The largest absolute Gasteiger partial charge is 0.381 e. The zero-order chi connectivity index (χ0) is 23.9. The number of anilines is 1. The molecule has 1 atom stereocenters. The summed E-state index contributed by atoms with van der Waals surface area (Å²) in [6.07, 6.45) is 5.95. The molecule has 2 aliphatic heterocycles. The molecule has 1 saturated heterocycles. The van der Waals surface area contributed by atoms with Gasteiger partial charge >= 0.3 is 0 Å². The maximum absolute atomic E-state index is 14.3. The number of benzene rings is 2. The highest BCUT2D eigenvalue weighted by Crippen LogP contribution is 2.39. The van der Waals surface area contributed by atoms with Crippen LogP contribution in [0.15, 0.2) is 42.5 Å². The molecule has 2 heterocycles. The van der Waals surface area contributed by atoms with Crippen LogP contribution in [-0.4, -0.2) is 50.2 Å². The Kier molecular flexibility index (Phi) is 8.68. The lowest BCUT2D eigenvalue weighted by molar-refractivity contribution is -0.120. The Labute approximate surface area is 201 Å². The minimum atomic E-state index is -0.345. The number of likely N-dealkylation sites (tertiary alicyclic amines) is 1. The molecule has 2 aliphatic rings. The van der Waals surface area contributed by atoms with Crippen molar-refractivity contribution < 1.29 is 18.3 Å². The van der Waals surface area contributed by atoms with E-state index in [4.69, 9.17) is 4.74 Å². The molecule has 0 aromatic heterocycles. The van der Waals surface area contributed by atoms with Crippen LogP contribution in [0.3, 0.4) is 0 Å². The third-order valence-electron chi connectivity index (χ3n) is 7.19.